The van der Waals surface area contributed by atoms with Gasteiger partial charge in [0.1, 0.15) is 5.82 Å². The van der Waals surface area contributed by atoms with Crippen molar-refractivity contribution in [2.75, 3.05) is 0 Å². The zero-order valence-electron chi connectivity index (χ0n) is 13.8. The summed E-state index contributed by atoms with van der Waals surface area (Å²) in [6.45, 7) is 0. The third-order valence-corrected chi connectivity index (χ3v) is 4.96. The number of aromatic amines is 1. The second kappa shape index (κ2) is 7.13. The van der Waals surface area contributed by atoms with Gasteiger partial charge in [-0.3, -0.25) is 5.14 Å². The quantitative estimate of drug-likeness (QED) is 0.502. The molecule has 4 rings (SSSR count). The number of H-pyrrole nitrogens is 1. The van der Waals surface area contributed by atoms with Gasteiger partial charge >= 0.3 is 0 Å². The fraction of sp³-hybridized carbons (Fsp3) is 0.0952. The van der Waals surface area contributed by atoms with Crippen LogP contribution in [0.15, 0.2) is 77.7 Å². The van der Waals surface area contributed by atoms with E-state index in [1.54, 1.807) is 0 Å². The average molecular weight is 345 g/mol. The minimum atomic E-state index is 0.906. The summed E-state index contributed by atoms with van der Waals surface area (Å²) in [5, 5.41) is 5.80. The first-order chi connectivity index (χ1) is 12.3. The Kier molecular flexibility index (Phi) is 4.55. The predicted octanol–water partition coefficient (Wildman–Crippen LogP) is 4.98. The van der Waals surface area contributed by atoms with Crippen LogP contribution in [-0.4, -0.2) is 9.97 Å². The maximum atomic E-state index is 5.80. The number of nitrogens with one attached hydrogen (secondary N) is 1. The van der Waals surface area contributed by atoms with Crippen molar-refractivity contribution in [3.63, 3.8) is 0 Å². The topological polar surface area (TPSA) is 54.7 Å². The lowest BCUT2D eigenvalue weighted by atomic mass is 10.1. The number of nitrogens with zero attached hydrogens (tertiary/aromatic N) is 1. The van der Waals surface area contributed by atoms with Crippen molar-refractivity contribution >= 4 is 23.0 Å². The molecule has 0 aliphatic carbocycles. The fourth-order valence-electron chi connectivity index (χ4n) is 3.06. The van der Waals surface area contributed by atoms with Gasteiger partial charge in [-0.15, -0.1) is 0 Å². The van der Waals surface area contributed by atoms with Crippen molar-refractivity contribution in [2.24, 2.45) is 5.14 Å². The van der Waals surface area contributed by atoms with E-state index >= 15 is 0 Å². The van der Waals surface area contributed by atoms with Gasteiger partial charge in [-0.1, -0.05) is 54.6 Å². The number of hydrogen-bond donors (Lipinski definition) is 2. The van der Waals surface area contributed by atoms with E-state index in [-0.39, 0.29) is 0 Å². The van der Waals surface area contributed by atoms with E-state index in [4.69, 9.17) is 10.1 Å². The summed E-state index contributed by atoms with van der Waals surface area (Å²) < 4.78 is 0. The molecule has 3 nitrogen and oxygen atoms in total. The largest absolute Gasteiger partial charge is 0.342 e. The fourth-order valence-corrected chi connectivity index (χ4v) is 3.53. The van der Waals surface area contributed by atoms with E-state index in [1.807, 2.05) is 24.3 Å². The maximum absolute atomic E-state index is 5.80. The molecule has 25 heavy (non-hydrogen) atoms. The minimum absolute atomic E-state index is 0.906. The van der Waals surface area contributed by atoms with Gasteiger partial charge in [-0.05, 0) is 53.3 Å². The first-order valence-corrected chi connectivity index (χ1v) is 9.20. The third kappa shape index (κ3) is 3.45. The number of imidazole rings is 1. The van der Waals surface area contributed by atoms with Crippen LogP contribution in [0.3, 0.4) is 0 Å². The van der Waals surface area contributed by atoms with E-state index in [9.17, 15) is 0 Å². The van der Waals surface area contributed by atoms with Gasteiger partial charge in [-0.2, -0.15) is 0 Å². The summed E-state index contributed by atoms with van der Waals surface area (Å²) in [6, 6.07) is 25.0. The molecule has 1 heterocycles. The molecule has 1 aromatic heterocycles. The van der Waals surface area contributed by atoms with Gasteiger partial charge in [0.25, 0.3) is 0 Å². The molecular weight excluding hydrogens is 326 g/mol. The smallest absolute Gasteiger partial charge is 0.107 e. The summed E-state index contributed by atoms with van der Waals surface area (Å²) in [5.41, 5.74) is 5.70. The van der Waals surface area contributed by atoms with Crippen molar-refractivity contribution in [2.45, 2.75) is 17.7 Å². The summed E-state index contributed by atoms with van der Waals surface area (Å²) >= 11 is 1.28. The Hall–Kier alpha value is -2.56. The van der Waals surface area contributed by atoms with Crippen LogP contribution in [0.5, 0.6) is 0 Å². The molecule has 0 radical (unpaired) electrons. The van der Waals surface area contributed by atoms with E-state index in [0.717, 1.165) is 45.7 Å². The van der Waals surface area contributed by atoms with Gasteiger partial charge in [0.2, 0.25) is 0 Å². The molecule has 0 amide bonds. The molecule has 0 bridgehead atoms. The molecule has 4 heteroatoms. The van der Waals surface area contributed by atoms with E-state index in [1.165, 1.54) is 17.5 Å². The van der Waals surface area contributed by atoms with Gasteiger partial charge in [0.05, 0.1) is 11.0 Å². The number of benzene rings is 3. The van der Waals surface area contributed by atoms with Crippen molar-refractivity contribution in [1.82, 2.24) is 9.97 Å². The Morgan fingerprint density at radius 1 is 0.880 bits per heavy atom. The standard InChI is InChI=1S/C21H19N3S/c22-25-20-9-5-4-8-17(20)16-11-12-18-19(14-16)24-21(23-18)13-10-15-6-2-1-3-7-15/h1-9,11-12,14H,10,13,22H2,(H,23,24). The molecule has 4 aromatic rings. The molecule has 0 atom stereocenters. The first-order valence-electron chi connectivity index (χ1n) is 8.32. The number of aryl methyl sites for hydroxylation is 2. The van der Waals surface area contributed by atoms with Crippen molar-refractivity contribution < 1.29 is 0 Å². The van der Waals surface area contributed by atoms with Crippen molar-refractivity contribution in [3.05, 3.63) is 84.2 Å². The molecule has 124 valence electrons. The Balaban J connectivity index is 1.61. The van der Waals surface area contributed by atoms with E-state index in [0.29, 0.717) is 0 Å². The van der Waals surface area contributed by atoms with Crippen LogP contribution in [0, 0.1) is 0 Å². The second-order valence-corrected chi connectivity index (χ2v) is 6.69. The van der Waals surface area contributed by atoms with Crippen LogP contribution in [-0.2, 0) is 12.8 Å². The molecule has 0 spiro atoms. The van der Waals surface area contributed by atoms with Crippen LogP contribution >= 0.6 is 11.9 Å². The number of aromatic nitrogens is 2. The predicted molar refractivity (Wildman–Crippen MR) is 105 cm³/mol. The van der Waals surface area contributed by atoms with Gasteiger partial charge < -0.3 is 4.98 Å². The highest BCUT2D eigenvalue weighted by molar-refractivity contribution is 7.97. The molecule has 0 aliphatic rings. The minimum Gasteiger partial charge on any atom is -0.342 e. The Morgan fingerprint density at radius 2 is 1.68 bits per heavy atom. The lowest BCUT2D eigenvalue weighted by Crippen LogP contribution is -1.92. The summed E-state index contributed by atoms with van der Waals surface area (Å²) in [4.78, 5) is 9.26. The molecule has 0 fully saturated rings. The van der Waals surface area contributed by atoms with Crippen LogP contribution < -0.4 is 5.14 Å². The van der Waals surface area contributed by atoms with Crippen LogP contribution in [0.2, 0.25) is 0 Å². The van der Waals surface area contributed by atoms with Crippen LogP contribution in [0.4, 0.5) is 0 Å². The molecule has 0 saturated carbocycles. The monoisotopic (exact) mass is 345 g/mol. The lowest BCUT2D eigenvalue weighted by molar-refractivity contribution is 0.890. The molecule has 0 aliphatic heterocycles. The average Bonchev–Trinajstić information content (AvgIpc) is 3.09. The highest BCUT2D eigenvalue weighted by atomic mass is 32.2. The Morgan fingerprint density at radius 3 is 2.52 bits per heavy atom. The number of rotatable bonds is 5. The van der Waals surface area contributed by atoms with E-state index < -0.39 is 0 Å². The highest BCUT2D eigenvalue weighted by Gasteiger charge is 2.08. The third-order valence-electron chi connectivity index (χ3n) is 4.35. The van der Waals surface area contributed by atoms with Gasteiger partial charge in [0.15, 0.2) is 0 Å². The summed E-state index contributed by atoms with van der Waals surface area (Å²) in [6.07, 6.45) is 1.89. The summed E-state index contributed by atoms with van der Waals surface area (Å²) in [7, 11) is 0. The Labute approximate surface area is 151 Å². The molecule has 3 N–H and O–H groups in total. The maximum Gasteiger partial charge on any atom is 0.107 e. The van der Waals surface area contributed by atoms with Gasteiger partial charge in [-0.25, -0.2) is 4.98 Å². The zero-order chi connectivity index (χ0) is 17.1. The van der Waals surface area contributed by atoms with E-state index in [2.05, 4.69) is 53.5 Å². The molecule has 0 saturated heterocycles. The Bertz CT molecular complexity index is 992. The van der Waals surface area contributed by atoms with Gasteiger partial charge in [0, 0.05) is 11.3 Å². The molecular formula is C21H19N3S. The summed E-state index contributed by atoms with van der Waals surface area (Å²) in [5.74, 6) is 1.03. The number of nitrogens with two attached hydrogens (primary N) is 1. The van der Waals surface area contributed by atoms with Crippen LogP contribution in [0.25, 0.3) is 22.2 Å². The number of fused-ring (bicyclic) bond motifs is 1. The molecule has 3 aromatic carbocycles. The number of hydrogen-bond acceptors (Lipinski definition) is 3. The van der Waals surface area contributed by atoms with Crippen molar-refractivity contribution in [3.8, 4) is 11.1 Å². The second-order valence-electron chi connectivity index (χ2n) is 6.02. The zero-order valence-corrected chi connectivity index (χ0v) is 14.6. The van der Waals surface area contributed by atoms with Crippen molar-refractivity contribution in [1.29, 1.82) is 0 Å². The molecule has 0 unspecified atom stereocenters. The lowest BCUT2D eigenvalue weighted by Gasteiger charge is -2.06. The SMILES string of the molecule is NSc1ccccc1-c1ccc2nc(CCc3ccccc3)[nH]c2c1. The first kappa shape index (κ1) is 15.9. The normalized spacial score (nSPS) is 11.1. The van der Waals surface area contributed by atoms with Crippen LogP contribution in [0.1, 0.15) is 11.4 Å². The highest BCUT2D eigenvalue weighted by Crippen LogP contribution is 2.30.